The van der Waals surface area contributed by atoms with E-state index in [0.29, 0.717) is 24.4 Å². The highest BCUT2D eigenvalue weighted by atomic mass is 32.1. The van der Waals surface area contributed by atoms with E-state index in [0.717, 1.165) is 10.4 Å². The van der Waals surface area contributed by atoms with Crippen LogP contribution in [0.2, 0.25) is 0 Å². The van der Waals surface area contributed by atoms with Gasteiger partial charge in [0.1, 0.15) is 0 Å². The molecular formula is C15H19N3OS. The van der Waals surface area contributed by atoms with Crippen LogP contribution >= 0.6 is 11.3 Å². The minimum Gasteiger partial charge on any atom is -0.334 e. The molecule has 1 heterocycles. The first-order valence-electron chi connectivity index (χ1n) is 6.48. The van der Waals surface area contributed by atoms with Crippen molar-refractivity contribution in [1.29, 1.82) is 5.26 Å². The quantitative estimate of drug-likeness (QED) is 0.863. The zero-order chi connectivity index (χ0) is 15.1. The van der Waals surface area contributed by atoms with Crippen molar-refractivity contribution in [2.45, 2.75) is 33.2 Å². The van der Waals surface area contributed by atoms with Gasteiger partial charge in [0.05, 0.1) is 28.8 Å². The smallest absolute Gasteiger partial charge is 0.264 e. The molecule has 0 radical (unpaired) electrons. The third-order valence-electron chi connectivity index (χ3n) is 2.78. The number of hydrogen-bond donors (Lipinski definition) is 1. The monoisotopic (exact) mass is 289 g/mol. The summed E-state index contributed by atoms with van der Waals surface area (Å²) in [5.41, 5.74) is 6.35. The lowest BCUT2D eigenvalue weighted by molar-refractivity contribution is 0.0715. The molecule has 1 aromatic rings. The van der Waals surface area contributed by atoms with Gasteiger partial charge in [0.2, 0.25) is 0 Å². The second kappa shape index (κ2) is 7.69. The lowest BCUT2D eigenvalue weighted by Gasteiger charge is -2.25. The highest BCUT2D eigenvalue weighted by Crippen LogP contribution is 2.23. The molecule has 1 aromatic heterocycles. The summed E-state index contributed by atoms with van der Waals surface area (Å²) in [6.07, 6.45) is 0.341. The number of carbonyl (C=O) groups is 1. The molecule has 1 amide bonds. The normalized spacial score (nSPS) is 9.80. The van der Waals surface area contributed by atoms with Crippen molar-refractivity contribution in [2.75, 3.05) is 13.1 Å². The number of thiophene rings is 1. The molecule has 0 spiro atoms. The van der Waals surface area contributed by atoms with Crippen LogP contribution in [0.25, 0.3) is 0 Å². The fraction of sp³-hybridized carbons (Fsp3) is 0.467. The molecule has 0 aliphatic rings. The van der Waals surface area contributed by atoms with Crippen molar-refractivity contribution < 1.29 is 4.79 Å². The second-order valence-electron chi connectivity index (χ2n) is 4.63. The minimum absolute atomic E-state index is 0.0378. The van der Waals surface area contributed by atoms with Crippen molar-refractivity contribution >= 4 is 17.2 Å². The third-order valence-corrected chi connectivity index (χ3v) is 3.92. The predicted octanol–water partition coefficient (Wildman–Crippen LogP) is 2.13. The van der Waals surface area contributed by atoms with Crippen LogP contribution in [0.3, 0.4) is 0 Å². The number of rotatable bonds is 4. The fourth-order valence-corrected chi connectivity index (χ4v) is 2.75. The molecule has 106 valence electrons. The maximum absolute atomic E-state index is 12.5. The molecule has 0 unspecified atom stereocenters. The van der Waals surface area contributed by atoms with Gasteiger partial charge in [-0.1, -0.05) is 11.8 Å². The Hall–Kier alpha value is -1.82. The summed E-state index contributed by atoms with van der Waals surface area (Å²) in [5, 5.41) is 8.68. The van der Waals surface area contributed by atoms with E-state index in [1.807, 2.05) is 26.8 Å². The van der Waals surface area contributed by atoms with Gasteiger partial charge in [0, 0.05) is 12.6 Å². The van der Waals surface area contributed by atoms with Gasteiger partial charge in [0.15, 0.2) is 0 Å². The van der Waals surface area contributed by atoms with E-state index in [4.69, 9.17) is 11.0 Å². The number of hydrogen-bond acceptors (Lipinski definition) is 4. The van der Waals surface area contributed by atoms with Gasteiger partial charge >= 0.3 is 0 Å². The molecule has 0 aliphatic heterocycles. The Balaban J connectivity index is 2.98. The van der Waals surface area contributed by atoms with Crippen LogP contribution in [-0.2, 0) is 0 Å². The largest absolute Gasteiger partial charge is 0.334 e. The maximum Gasteiger partial charge on any atom is 0.264 e. The fourth-order valence-electron chi connectivity index (χ4n) is 1.75. The highest BCUT2D eigenvalue weighted by molar-refractivity contribution is 7.14. The molecule has 5 heteroatoms. The molecule has 0 bridgehead atoms. The van der Waals surface area contributed by atoms with Gasteiger partial charge in [-0.25, -0.2) is 0 Å². The standard InChI is InChI=1S/C15H19N3OS/c1-11(2)18(9-5-8-17)15(19)14-10-12(3)13(20-14)6-4-7-16/h10-11H,5,7,9,16H2,1-3H3. The Morgan fingerprint density at radius 3 is 2.80 bits per heavy atom. The van der Waals surface area contributed by atoms with Crippen LogP contribution < -0.4 is 5.73 Å². The molecule has 0 fully saturated rings. The lowest BCUT2D eigenvalue weighted by atomic mass is 10.2. The van der Waals surface area contributed by atoms with Crippen molar-refractivity contribution in [3.8, 4) is 17.9 Å². The summed E-state index contributed by atoms with van der Waals surface area (Å²) in [6, 6.07) is 4.00. The van der Waals surface area contributed by atoms with Crippen LogP contribution in [0.1, 0.15) is 40.4 Å². The predicted molar refractivity (Wildman–Crippen MR) is 81.4 cm³/mol. The zero-order valence-electron chi connectivity index (χ0n) is 12.1. The van der Waals surface area contributed by atoms with Crippen molar-refractivity contribution in [3.63, 3.8) is 0 Å². The van der Waals surface area contributed by atoms with Gasteiger partial charge in [0.25, 0.3) is 5.91 Å². The van der Waals surface area contributed by atoms with E-state index in [2.05, 4.69) is 17.9 Å². The molecule has 0 atom stereocenters. The number of nitriles is 1. The van der Waals surface area contributed by atoms with E-state index in [9.17, 15) is 4.79 Å². The Morgan fingerprint density at radius 2 is 2.25 bits per heavy atom. The Labute approximate surface area is 124 Å². The topological polar surface area (TPSA) is 70.1 Å². The summed E-state index contributed by atoms with van der Waals surface area (Å²) < 4.78 is 0. The van der Waals surface area contributed by atoms with Gasteiger partial charge in [-0.3, -0.25) is 4.79 Å². The number of aryl methyl sites for hydroxylation is 1. The summed E-state index contributed by atoms with van der Waals surface area (Å²) in [7, 11) is 0. The third kappa shape index (κ3) is 4.09. The number of amides is 1. The van der Waals surface area contributed by atoms with Gasteiger partial charge < -0.3 is 10.6 Å². The van der Waals surface area contributed by atoms with Crippen molar-refractivity contribution in [3.05, 3.63) is 21.4 Å². The molecule has 0 aromatic carbocycles. The summed E-state index contributed by atoms with van der Waals surface area (Å²) in [4.78, 5) is 15.7. The number of carbonyl (C=O) groups excluding carboxylic acids is 1. The van der Waals surface area contributed by atoms with Gasteiger partial charge in [-0.05, 0) is 32.4 Å². The molecule has 4 nitrogen and oxygen atoms in total. The summed E-state index contributed by atoms with van der Waals surface area (Å²) >= 11 is 1.38. The molecule has 20 heavy (non-hydrogen) atoms. The SMILES string of the molecule is Cc1cc(C(=O)N(CCC#N)C(C)C)sc1C#CCN. The molecule has 0 saturated carbocycles. The first kappa shape index (κ1) is 16.2. The van der Waals surface area contributed by atoms with Crippen molar-refractivity contribution in [1.82, 2.24) is 4.90 Å². The van der Waals surface area contributed by atoms with E-state index in [-0.39, 0.29) is 11.9 Å². The first-order chi connectivity index (χ1) is 9.51. The van der Waals surface area contributed by atoms with Crippen LogP contribution in [0.5, 0.6) is 0 Å². The Morgan fingerprint density at radius 1 is 1.55 bits per heavy atom. The average Bonchev–Trinajstić information content (AvgIpc) is 2.77. The van der Waals surface area contributed by atoms with E-state index in [1.165, 1.54) is 11.3 Å². The Bertz CT molecular complexity index is 572. The van der Waals surface area contributed by atoms with Crippen LogP contribution in [0, 0.1) is 30.1 Å². The van der Waals surface area contributed by atoms with Gasteiger partial charge in [-0.15, -0.1) is 11.3 Å². The lowest BCUT2D eigenvalue weighted by Crippen LogP contribution is -2.37. The van der Waals surface area contributed by atoms with E-state index < -0.39 is 0 Å². The van der Waals surface area contributed by atoms with Crippen LogP contribution in [0.4, 0.5) is 0 Å². The average molecular weight is 289 g/mol. The summed E-state index contributed by atoms with van der Waals surface area (Å²) in [6.45, 7) is 6.59. The first-order valence-corrected chi connectivity index (χ1v) is 7.30. The van der Waals surface area contributed by atoms with Gasteiger partial charge in [-0.2, -0.15) is 5.26 Å². The minimum atomic E-state index is -0.0378. The van der Waals surface area contributed by atoms with Crippen LogP contribution in [-0.4, -0.2) is 29.9 Å². The molecule has 1 rings (SSSR count). The van der Waals surface area contributed by atoms with E-state index >= 15 is 0 Å². The molecular weight excluding hydrogens is 270 g/mol. The van der Waals surface area contributed by atoms with Crippen LogP contribution in [0.15, 0.2) is 6.07 Å². The van der Waals surface area contributed by atoms with E-state index in [1.54, 1.807) is 4.90 Å². The second-order valence-corrected chi connectivity index (χ2v) is 5.68. The number of nitrogens with zero attached hydrogens (tertiary/aromatic N) is 2. The Kier molecular flexibility index (Phi) is 6.24. The molecule has 2 N–H and O–H groups in total. The summed E-state index contributed by atoms with van der Waals surface area (Å²) in [5.74, 6) is 5.75. The maximum atomic E-state index is 12.5. The van der Waals surface area contributed by atoms with Crippen molar-refractivity contribution in [2.24, 2.45) is 5.73 Å². The molecule has 0 saturated heterocycles. The highest BCUT2D eigenvalue weighted by Gasteiger charge is 2.20. The zero-order valence-corrected chi connectivity index (χ0v) is 12.9. The molecule has 0 aliphatic carbocycles. The number of nitrogens with two attached hydrogens (primary N) is 1.